The monoisotopic (exact) mass is 231 g/mol. The molecule has 0 aliphatic carbocycles. The Balaban J connectivity index is 4.11. The molecule has 0 spiro atoms. The van der Waals surface area contributed by atoms with Gasteiger partial charge in [0.15, 0.2) is 0 Å². The summed E-state index contributed by atoms with van der Waals surface area (Å²) in [5, 5.41) is 0. The molecule has 0 N–H and O–H groups in total. The van der Waals surface area contributed by atoms with Crippen molar-refractivity contribution in [2.24, 2.45) is 4.40 Å². The molecule has 0 aromatic rings. The lowest BCUT2D eigenvalue weighted by Crippen LogP contribution is -2.19. The number of hydrogen-bond acceptors (Lipinski definition) is 3. The van der Waals surface area contributed by atoms with E-state index in [0.29, 0.717) is 6.61 Å². The van der Waals surface area contributed by atoms with Crippen molar-refractivity contribution in [3.63, 3.8) is 0 Å². The number of esters is 1. The average Bonchev–Trinajstić information content (AvgIpc) is 2.11. The summed E-state index contributed by atoms with van der Waals surface area (Å²) in [6, 6.07) is 0. The van der Waals surface area contributed by atoms with Crippen molar-refractivity contribution in [3.8, 4) is 0 Å². The topological polar surface area (TPSA) is 55.7 Å². The minimum Gasteiger partial charge on any atom is -0.463 e. The molecule has 1 unspecified atom stereocenters. The molecule has 1 atom stereocenters. The SMILES string of the molecule is CCOC(=O)/C=C/C=N\S(=O)C(C)(C)C. The highest BCUT2D eigenvalue weighted by Gasteiger charge is 2.17. The molecule has 0 aromatic carbocycles. The van der Waals surface area contributed by atoms with Crippen molar-refractivity contribution >= 4 is 23.2 Å². The molecule has 0 bridgehead atoms. The number of hydrogen-bond donors (Lipinski definition) is 0. The Morgan fingerprint density at radius 2 is 2.07 bits per heavy atom. The molecule has 0 rings (SSSR count). The molecule has 0 saturated heterocycles. The minimum absolute atomic E-state index is 0.342. The van der Waals surface area contributed by atoms with Gasteiger partial charge in [-0.3, -0.25) is 0 Å². The van der Waals surface area contributed by atoms with E-state index >= 15 is 0 Å². The third-order valence-electron chi connectivity index (χ3n) is 1.29. The summed E-state index contributed by atoms with van der Waals surface area (Å²) < 4.78 is 19.5. The quantitative estimate of drug-likeness (QED) is 0.420. The lowest BCUT2D eigenvalue weighted by Gasteiger charge is -2.12. The smallest absolute Gasteiger partial charge is 0.330 e. The second kappa shape index (κ2) is 6.50. The fourth-order valence-electron chi connectivity index (χ4n) is 0.560. The summed E-state index contributed by atoms with van der Waals surface area (Å²) >= 11 is 0. The van der Waals surface area contributed by atoms with Gasteiger partial charge in [0.2, 0.25) is 0 Å². The van der Waals surface area contributed by atoms with E-state index in [1.54, 1.807) is 6.92 Å². The van der Waals surface area contributed by atoms with E-state index in [1.165, 1.54) is 18.4 Å². The molecule has 4 nitrogen and oxygen atoms in total. The Morgan fingerprint density at radius 1 is 1.47 bits per heavy atom. The first-order chi connectivity index (χ1) is 6.88. The molecule has 0 aromatic heterocycles. The predicted octanol–water partition coefficient (Wildman–Crippen LogP) is 1.64. The van der Waals surface area contributed by atoms with Crippen LogP contribution >= 0.6 is 0 Å². The highest BCUT2D eigenvalue weighted by atomic mass is 32.2. The van der Waals surface area contributed by atoms with Crippen molar-refractivity contribution in [1.29, 1.82) is 0 Å². The van der Waals surface area contributed by atoms with Gasteiger partial charge in [0, 0.05) is 12.3 Å². The van der Waals surface area contributed by atoms with Gasteiger partial charge < -0.3 is 4.74 Å². The standard InChI is InChI=1S/C10H17NO3S/c1-5-14-9(12)7-6-8-11-15(13)10(2,3)4/h6-8H,5H2,1-4H3/b7-6+,11-8-. The van der Waals surface area contributed by atoms with Gasteiger partial charge in [-0.25, -0.2) is 9.00 Å². The molecule has 0 heterocycles. The normalized spacial score (nSPS) is 14.7. The van der Waals surface area contributed by atoms with Crippen molar-refractivity contribution < 1.29 is 13.7 Å². The zero-order valence-corrected chi connectivity index (χ0v) is 10.3. The highest BCUT2D eigenvalue weighted by Crippen LogP contribution is 2.11. The summed E-state index contributed by atoms with van der Waals surface area (Å²) in [5.74, 6) is -0.425. The first-order valence-corrected chi connectivity index (χ1v) is 5.78. The number of allylic oxidation sites excluding steroid dienone is 1. The first kappa shape index (κ1) is 14.0. The number of carbonyl (C=O) groups is 1. The van der Waals surface area contributed by atoms with Gasteiger partial charge in [0.1, 0.15) is 11.0 Å². The number of nitrogens with zero attached hydrogens (tertiary/aromatic N) is 1. The summed E-state index contributed by atoms with van der Waals surface area (Å²) in [7, 11) is -1.29. The molecule has 86 valence electrons. The third-order valence-corrected chi connectivity index (χ3v) is 2.65. The van der Waals surface area contributed by atoms with E-state index in [4.69, 9.17) is 0 Å². The Bertz CT molecular complexity index is 290. The fraction of sp³-hybridized carbons (Fsp3) is 0.600. The van der Waals surface area contributed by atoms with E-state index in [9.17, 15) is 9.00 Å². The maximum absolute atomic E-state index is 11.4. The second-order valence-corrected chi connectivity index (χ2v) is 5.66. The fourth-order valence-corrected chi connectivity index (χ4v) is 1.06. The van der Waals surface area contributed by atoms with Crippen LogP contribution in [0.4, 0.5) is 0 Å². The Kier molecular flexibility index (Phi) is 6.08. The Hall–Kier alpha value is -0.970. The van der Waals surface area contributed by atoms with E-state index in [-0.39, 0.29) is 4.75 Å². The number of rotatable bonds is 4. The van der Waals surface area contributed by atoms with Gasteiger partial charge in [-0.05, 0) is 33.8 Å². The zero-order chi connectivity index (χ0) is 11.9. The van der Waals surface area contributed by atoms with Crippen LogP contribution in [0.2, 0.25) is 0 Å². The van der Waals surface area contributed by atoms with Gasteiger partial charge in [0.25, 0.3) is 0 Å². The molecule has 0 fully saturated rings. The first-order valence-electron chi connectivity index (χ1n) is 4.67. The molecule has 0 aliphatic heterocycles. The van der Waals surface area contributed by atoms with E-state index in [1.807, 2.05) is 20.8 Å². The summed E-state index contributed by atoms with van der Waals surface area (Å²) in [4.78, 5) is 10.8. The molecule has 0 saturated carbocycles. The summed E-state index contributed by atoms with van der Waals surface area (Å²) in [6.45, 7) is 7.56. The van der Waals surface area contributed by atoms with Gasteiger partial charge >= 0.3 is 5.97 Å². The number of ether oxygens (including phenoxy) is 1. The van der Waals surface area contributed by atoms with Crippen LogP contribution < -0.4 is 0 Å². The molecular weight excluding hydrogens is 214 g/mol. The Labute approximate surface area is 93.0 Å². The molecule has 5 heteroatoms. The van der Waals surface area contributed by atoms with Crippen LogP contribution in [0.15, 0.2) is 16.5 Å². The maximum Gasteiger partial charge on any atom is 0.330 e. The van der Waals surface area contributed by atoms with Gasteiger partial charge in [0.05, 0.1) is 11.4 Å². The average molecular weight is 231 g/mol. The summed E-state index contributed by atoms with van der Waals surface area (Å²) in [6.07, 6.45) is 4.01. The van der Waals surface area contributed by atoms with Crippen LogP contribution in [0.5, 0.6) is 0 Å². The predicted molar refractivity (Wildman–Crippen MR) is 62.2 cm³/mol. The van der Waals surface area contributed by atoms with Crippen LogP contribution in [0, 0.1) is 0 Å². The van der Waals surface area contributed by atoms with Gasteiger partial charge in [-0.2, -0.15) is 4.40 Å². The zero-order valence-electron chi connectivity index (χ0n) is 9.52. The second-order valence-electron chi connectivity index (χ2n) is 3.73. The van der Waals surface area contributed by atoms with Crippen molar-refractivity contribution in [2.75, 3.05) is 6.61 Å². The van der Waals surface area contributed by atoms with Crippen molar-refractivity contribution in [3.05, 3.63) is 12.2 Å². The highest BCUT2D eigenvalue weighted by molar-refractivity contribution is 7.85. The molecule has 0 radical (unpaired) electrons. The van der Waals surface area contributed by atoms with Crippen LogP contribution in [0.3, 0.4) is 0 Å². The number of carbonyl (C=O) groups excluding carboxylic acids is 1. The molecule has 0 aliphatic rings. The molecule has 0 amide bonds. The minimum atomic E-state index is -1.29. The van der Waals surface area contributed by atoms with Crippen LogP contribution in [-0.2, 0) is 20.5 Å². The third kappa shape index (κ3) is 7.02. The van der Waals surface area contributed by atoms with E-state index in [0.717, 1.165) is 0 Å². The maximum atomic E-state index is 11.4. The van der Waals surface area contributed by atoms with Gasteiger partial charge in [-0.15, -0.1) is 0 Å². The van der Waals surface area contributed by atoms with Crippen LogP contribution in [0.25, 0.3) is 0 Å². The van der Waals surface area contributed by atoms with Crippen molar-refractivity contribution in [2.45, 2.75) is 32.4 Å². The van der Waals surface area contributed by atoms with E-state index < -0.39 is 17.0 Å². The van der Waals surface area contributed by atoms with Gasteiger partial charge in [-0.1, -0.05) is 0 Å². The van der Waals surface area contributed by atoms with Crippen LogP contribution in [-0.4, -0.2) is 27.7 Å². The molecule has 15 heavy (non-hydrogen) atoms. The largest absolute Gasteiger partial charge is 0.463 e. The van der Waals surface area contributed by atoms with E-state index in [2.05, 4.69) is 9.13 Å². The molecular formula is C10H17NO3S. The lowest BCUT2D eigenvalue weighted by atomic mass is 10.3. The summed E-state index contributed by atoms with van der Waals surface area (Å²) in [5.41, 5.74) is 0. The Morgan fingerprint density at radius 3 is 2.53 bits per heavy atom. The lowest BCUT2D eigenvalue weighted by molar-refractivity contribution is -0.137. The van der Waals surface area contributed by atoms with Crippen molar-refractivity contribution in [1.82, 2.24) is 0 Å². The van der Waals surface area contributed by atoms with Crippen LogP contribution in [0.1, 0.15) is 27.7 Å².